The number of rotatable bonds is 6. The van der Waals surface area contributed by atoms with Crippen molar-refractivity contribution < 1.29 is 18.1 Å². The Morgan fingerprint density at radius 3 is 2.40 bits per heavy atom. The quantitative estimate of drug-likeness (QED) is 0.594. The minimum absolute atomic E-state index is 0.0336. The molecule has 1 aromatic carbocycles. The molecule has 138 valence electrons. The number of benzene rings is 1. The maximum atomic E-state index is 12.6. The molecular weight excluding hydrogens is 348 g/mol. The van der Waals surface area contributed by atoms with Gasteiger partial charge in [0, 0.05) is 37.0 Å². The number of nitrogens with zero attached hydrogens (tertiary/aromatic N) is 3. The first-order valence-corrected chi connectivity index (χ1v) is 9.67. The summed E-state index contributed by atoms with van der Waals surface area (Å²) >= 11 is 0. The number of nitro groups is 1. The number of carbonyl (C=O) groups excluding carboxylic acids is 1. The lowest BCUT2D eigenvalue weighted by molar-refractivity contribution is -0.384. The van der Waals surface area contributed by atoms with E-state index in [2.05, 4.69) is 5.32 Å². The number of nitrogens with one attached hydrogen (secondary N) is 1. The Kier molecular flexibility index (Phi) is 5.96. The van der Waals surface area contributed by atoms with Gasteiger partial charge in [-0.15, -0.1) is 0 Å². The summed E-state index contributed by atoms with van der Waals surface area (Å²) < 4.78 is 23.5. The van der Waals surface area contributed by atoms with Crippen LogP contribution in [0.3, 0.4) is 0 Å². The summed E-state index contributed by atoms with van der Waals surface area (Å²) in [5, 5.41) is 13.4. The van der Waals surface area contributed by atoms with Crippen molar-refractivity contribution in [1.29, 1.82) is 0 Å². The van der Waals surface area contributed by atoms with Gasteiger partial charge >= 0.3 is 6.03 Å². The van der Waals surface area contributed by atoms with Gasteiger partial charge in [0.1, 0.15) is 0 Å². The summed E-state index contributed by atoms with van der Waals surface area (Å²) in [5.41, 5.74) is 0.357. The van der Waals surface area contributed by atoms with Crippen LogP contribution in [0.25, 0.3) is 0 Å². The Balaban J connectivity index is 2.10. The van der Waals surface area contributed by atoms with E-state index in [-0.39, 0.29) is 23.2 Å². The van der Waals surface area contributed by atoms with E-state index in [4.69, 9.17) is 0 Å². The van der Waals surface area contributed by atoms with Crippen molar-refractivity contribution in [2.75, 3.05) is 44.0 Å². The van der Waals surface area contributed by atoms with Crippen molar-refractivity contribution in [1.82, 2.24) is 9.80 Å². The second-order valence-electron chi connectivity index (χ2n) is 6.29. The molecule has 1 unspecified atom stereocenters. The fraction of sp³-hybridized carbons (Fsp3) is 0.533. The van der Waals surface area contributed by atoms with Gasteiger partial charge in [-0.3, -0.25) is 10.1 Å². The van der Waals surface area contributed by atoms with Gasteiger partial charge in [0.25, 0.3) is 5.69 Å². The third-order valence-electron chi connectivity index (χ3n) is 4.03. The van der Waals surface area contributed by atoms with Crippen LogP contribution in [0.4, 0.5) is 16.2 Å². The standard InChI is InChI=1S/C15H22N4O5S/c1-17(2)8-9-18(14-7-10-25(23,24)11-14)15(20)16-12-3-5-13(6-4-12)19(21)22/h3-6,14H,7-11H2,1-2H3,(H,16,20). The molecule has 0 aromatic heterocycles. The summed E-state index contributed by atoms with van der Waals surface area (Å²) in [4.78, 5) is 26.2. The summed E-state index contributed by atoms with van der Waals surface area (Å²) in [6.45, 7) is 0.996. The molecule has 1 fully saturated rings. The molecule has 0 spiro atoms. The lowest BCUT2D eigenvalue weighted by Crippen LogP contribution is -2.46. The molecule has 0 radical (unpaired) electrons. The molecule has 1 aliphatic heterocycles. The largest absolute Gasteiger partial charge is 0.322 e. The van der Waals surface area contributed by atoms with E-state index in [1.807, 2.05) is 19.0 Å². The van der Waals surface area contributed by atoms with Gasteiger partial charge in [0.05, 0.1) is 16.4 Å². The molecule has 2 amide bonds. The van der Waals surface area contributed by atoms with Crippen molar-refractivity contribution >= 4 is 27.2 Å². The second-order valence-corrected chi connectivity index (χ2v) is 8.52. The lowest BCUT2D eigenvalue weighted by Gasteiger charge is -2.29. The van der Waals surface area contributed by atoms with E-state index in [1.54, 1.807) is 0 Å². The van der Waals surface area contributed by atoms with E-state index in [9.17, 15) is 23.3 Å². The summed E-state index contributed by atoms with van der Waals surface area (Å²) in [5.74, 6) is 0.0506. The van der Waals surface area contributed by atoms with E-state index in [0.29, 0.717) is 25.2 Å². The highest BCUT2D eigenvalue weighted by molar-refractivity contribution is 7.91. The van der Waals surface area contributed by atoms with Crippen LogP contribution in [-0.2, 0) is 9.84 Å². The minimum atomic E-state index is -3.11. The van der Waals surface area contributed by atoms with Crippen LogP contribution in [0.5, 0.6) is 0 Å². The van der Waals surface area contributed by atoms with Gasteiger partial charge in [-0.2, -0.15) is 0 Å². The number of nitro benzene ring substituents is 1. The molecule has 25 heavy (non-hydrogen) atoms. The first-order valence-electron chi connectivity index (χ1n) is 7.85. The molecule has 10 heteroatoms. The summed E-state index contributed by atoms with van der Waals surface area (Å²) in [7, 11) is 0.635. The number of likely N-dealkylation sites (N-methyl/N-ethyl adjacent to an activating group) is 1. The molecule has 9 nitrogen and oxygen atoms in total. The van der Waals surface area contributed by atoms with Crippen LogP contribution >= 0.6 is 0 Å². The first-order chi connectivity index (χ1) is 11.7. The Morgan fingerprint density at radius 1 is 1.28 bits per heavy atom. The Bertz CT molecular complexity index is 733. The third kappa shape index (κ3) is 5.40. The zero-order valence-corrected chi connectivity index (χ0v) is 15.0. The highest BCUT2D eigenvalue weighted by Gasteiger charge is 2.34. The van der Waals surface area contributed by atoms with E-state index in [1.165, 1.54) is 29.2 Å². The van der Waals surface area contributed by atoms with Crippen LogP contribution < -0.4 is 5.32 Å². The van der Waals surface area contributed by atoms with Gasteiger partial charge in [0.2, 0.25) is 0 Å². The molecule has 0 aliphatic carbocycles. The van der Waals surface area contributed by atoms with Gasteiger partial charge in [-0.1, -0.05) is 0 Å². The van der Waals surface area contributed by atoms with Crippen LogP contribution in [0, 0.1) is 10.1 Å². The highest BCUT2D eigenvalue weighted by Crippen LogP contribution is 2.20. The number of sulfone groups is 1. The summed E-state index contributed by atoms with van der Waals surface area (Å²) in [6, 6.07) is 4.75. The van der Waals surface area contributed by atoms with Crippen LogP contribution in [0.15, 0.2) is 24.3 Å². The zero-order chi connectivity index (χ0) is 18.6. The molecule has 1 atom stereocenters. The molecule has 0 bridgehead atoms. The Hall–Kier alpha value is -2.20. The fourth-order valence-corrected chi connectivity index (χ4v) is 4.37. The normalized spacial score (nSPS) is 18.9. The maximum Gasteiger partial charge on any atom is 0.322 e. The minimum Gasteiger partial charge on any atom is -0.319 e. The van der Waals surface area contributed by atoms with Gasteiger partial charge in [0.15, 0.2) is 9.84 Å². The van der Waals surface area contributed by atoms with Crippen LogP contribution in [0.2, 0.25) is 0 Å². The predicted molar refractivity (Wildman–Crippen MR) is 94.4 cm³/mol. The number of non-ortho nitro benzene ring substituents is 1. The monoisotopic (exact) mass is 370 g/mol. The molecule has 0 saturated carbocycles. The highest BCUT2D eigenvalue weighted by atomic mass is 32.2. The van der Waals surface area contributed by atoms with Crippen molar-refractivity contribution in [3.05, 3.63) is 34.4 Å². The number of hydrogen-bond donors (Lipinski definition) is 1. The van der Waals surface area contributed by atoms with Crippen molar-refractivity contribution in [3.63, 3.8) is 0 Å². The number of carbonyl (C=O) groups is 1. The van der Waals surface area contributed by atoms with Crippen molar-refractivity contribution in [3.8, 4) is 0 Å². The van der Waals surface area contributed by atoms with Gasteiger partial charge in [-0.25, -0.2) is 13.2 Å². The smallest absolute Gasteiger partial charge is 0.319 e. The number of urea groups is 1. The van der Waals surface area contributed by atoms with E-state index in [0.717, 1.165) is 0 Å². The fourth-order valence-electron chi connectivity index (χ4n) is 2.64. The topological polar surface area (TPSA) is 113 Å². The number of hydrogen-bond acceptors (Lipinski definition) is 6. The zero-order valence-electron chi connectivity index (χ0n) is 14.2. The Morgan fingerprint density at radius 2 is 1.92 bits per heavy atom. The van der Waals surface area contributed by atoms with Crippen LogP contribution in [0.1, 0.15) is 6.42 Å². The van der Waals surface area contributed by atoms with E-state index < -0.39 is 20.8 Å². The SMILES string of the molecule is CN(C)CCN(C(=O)Nc1ccc([N+](=O)[O-])cc1)C1CCS(=O)(=O)C1. The average molecular weight is 370 g/mol. The third-order valence-corrected chi connectivity index (χ3v) is 5.78. The number of amides is 2. The lowest BCUT2D eigenvalue weighted by atomic mass is 10.2. The first kappa shape index (κ1) is 19.1. The molecular formula is C15H22N4O5S. The van der Waals surface area contributed by atoms with Gasteiger partial charge < -0.3 is 15.1 Å². The number of anilines is 1. The average Bonchev–Trinajstić information content (AvgIpc) is 2.87. The molecule has 2 rings (SSSR count). The molecule has 1 saturated heterocycles. The van der Waals surface area contributed by atoms with Gasteiger partial charge in [-0.05, 0) is 32.6 Å². The van der Waals surface area contributed by atoms with Crippen molar-refractivity contribution in [2.45, 2.75) is 12.5 Å². The maximum absolute atomic E-state index is 12.6. The Labute approximate surface area is 146 Å². The van der Waals surface area contributed by atoms with Crippen molar-refractivity contribution in [2.24, 2.45) is 0 Å². The molecule has 1 heterocycles. The predicted octanol–water partition coefficient (Wildman–Crippen LogP) is 1.18. The molecule has 1 N–H and O–H groups in total. The molecule has 1 aliphatic rings. The second kappa shape index (κ2) is 7.79. The van der Waals surface area contributed by atoms with Crippen LogP contribution in [-0.4, -0.2) is 73.9 Å². The van der Waals surface area contributed by atoms with E-state index >= 15 is 0 Å². The summed E-state index contributed by atoms with van der Waals surface area (Å²) in [6.07, 6.45) is 0.420. The molecule has 1 aromatic rings.